The number of anilines is 2. The standard InChI is InChI=1S/C14H13N3O3/c1-2-3-14(18)16(13-8-9-15-10-13)11-4-6-12(7-5-11)17(19)20/h2-10,15H,1H3. The predicted octanol–water partition coefficient (Wildman–Crippen LogP) is 3.16. The fraction of sp³-hybridized carbons (Fsp3) is 0.0714. The zero-order valence-electron chi connectivity index (χ0n) is 10.8. The van der Waals surface area contributed by atoms with Crippen LogP contribution >= 0.6 is 0 Å². The summed E-state index contributed by atoms with van der Waals surface area (Å²) in [6, 6.07) is 7.59. The van der Waals surface area contributed by atoms with Crippen molar-refractivity contribution >= 4 is 23.0 Å². The maximum Gasteiger partial charge on any atom is 0.269 e. The van der Waals surface area contributed by atoms with E-state index in [9.17, 15) is 14.9 Å². The second-order valence-electron chi connectivity index (χ2n) is 4.02. The Morgan fingerprint density at radius 2 is 1.95 bits per heavy atom. The van der Waals surface area contributed by atoms with E-state index in [0.29, 0.717) is 11.4 Å². The van der Waals surface area contributed by atoms with Crippen LogP contribution in [0.5, 0.6) is 0 Å². The zero-order valence-corrected chi connectivity index (χ0v) is 10.8. The fourth-order valence-corrected chi connectivity index (χ4v) is 1.80. The Labute approximate surface area is 115 Å². The van der Waals surface area contributed by atoms with Gasteiger partial charge in [-0.3, -0.25) is 19.8 Å². The fourth-order valence-electron chi connectivity index (χ4n) is 1.80. The number of nitro groups is 1. The van der Waals surface area contributed by atoms with Crippen molar-refractivity contribution in [2.24, 2.45) is 0 Å². The minimum absolute atomic E-state index is 0.0127. The van der Waals surface area contributed by atoms with Crippen LogP contribution < -0.4 is 4.90 Å². The molecule has 0 aliphatic heterocycles. The number of allylic oxidation sites excluding steroid dienone is 1. The summed E-state index contributed by atoms with van der Waals surface area (Å²) in [5.74, 6) is -0.221. The lowest BCUT2D eigenvalue weighted by Gasteiger charge is -2.19. The summed E-state index contributed by atoms with van der Waals surface area (Å²) in [6.07, 6.45) is 6.47. The van der Waals surface area contributed by atoms with Gasteiger partial charge in [-0.15, -0.1) is 0 Å². The van der Waals surface area contributed by atoms with Crippen molar-refractivity contribution in [3.8, 4) is 0 Å². The summed E-state index contributed by atoms with van der Waals surface area (Å²) in [4.78, 5) is 26.7. The molecule has 0 saturated heterocycles. The van der Waals surface area contributed by atoms with E-state index in [1.54, 1.807) is 43.6 Å². The molecule has 0 saturated carbocycles. The Bertz CT molecular complexity index is 630. The van der Waals surface area contributed by atoms with Crippen molar-refractivity contribution in [2.45, 2.75) is 6.92 Å². The molecule has 2 aromatic rings. The van der Waals surface area contributed by atoms with E-state index in [4.69, 9.17) is 0 Å². The number of benzene rings is 1. The summed E-state index contributed by atoms with van der Waals surface area (Å²) >= 11 is 0. The number of non-ortho nitro benzene ring substituents is 1. The van der Waals surface area contributed by atoms with Crippen LogP contribution in [-0.2, 0) is 4.79 Å². The molecule has 1 aromatic heterocycles. The molecule has 0 bridgehead atoms. The minimum atomic E-state index is -0.474. The van der Waals surface area contributed by atoms with E-state index in [2.05, 4.69) is 4.98 Å². The Morgan fingerprint density at radius 1 is 1.25 bits per heavy atom. The molecular formula is C14H13N3O3. The second-order valence-corrected chi connectivity index (χ2v) is 4.02. The van der Waals surface area contributed by atoms with Crippen LogP contribution in [0.15, 0.2) is 54.9 Å². The number of H-pyrrole nitrogens is 1. The third-order valence-corrected chi connectivity index (χ3v) is 2.69. The van der Waals surface area contributed by atoms with Crippen molar-refractivity contribution < 1.29 is 9.72 Å². The van der Waals surface area contributed by atoms with E-state index in [0.717, 1.165) is 0 Å². The lowest BCUT2D eigenvalue weighted by Crippen LogP contribution is -2.23. The molecule has 1 aromatic carbocycles. The first-order valence-corrected chi connectivity index (χ1v) is 5.97. The van der Waals surface area contributed by atoms with Crippen molar-refractivity contribution in [3.63, 3.8) is 0 Å². The summed E-state index contributed by atoms with van der Waals surface area (Å²) in [6.45, 7) is 1.75. The van der Waals surface area contributed by atoms with Gasteiger partial charge >= 0.3 is 0 Å². The van der Waals surface area contributed by atoms with Gasteiger partial charge in [0.1, 0.15) is 0 Å². The lowest BCUT2D eigenvalue weighted by molar-refractivity contribution is -0.384. The van der Waals surface area contributed by atoms with Gasteiger partial charge in [-0.25, -0.2) is 0 Å². The zero-order chi connectivity index (χ0) is 14.5. The molecule has 0 spiro atoms. The molecule has 6 heteroatoms. The van der Waals surface area contributed by atoms with Gasteiger partial charge in [-0.2, -0.15) is 0 Å². The molecule has 1 amide bonds. The smallest absolute Gasteiger partial charge is 0.269 e. The Morgan fingerprint density at radius 3 is 2.45 bits per heavy atom. The van der Waals surface area contributed by atoms with Crippen molar-refractivity contribution in [2.75, 3.05) is 4.90 Å². The van der Waals surface area contributed by atoms with Crippen LogP contribution in [0, 0.1) is 10.1 Å². The maximum atomic E-state index is 12.2. The molecule has 0 atom stereocenters. The molecule has 0 fully saturated rings. The highest BCUT2D eigenvalue weighted by Gasteiger charge is 2.17. The van der Waals surface area contributed by atoms with Crippen LogP contribution in [0.2, 0.25) is 0 Å². The number of carbonyl (C=O) groups excluding carboxylic acids is 1. The number of carbonyl (C=O) groups is 1. The quantitative estimate of drug-likeness (QED) is 0.527. The molecule has 1 heterocycles. The van der Waals surface area contributed by atoms with Gasteiger partial charge in [0.05, 0.1) is 10.6 Å². The minimum Gasteiger partial charge on any atom is -0.366 e. The number of aromatic amines is 1. The topological polar surface area (TPSA) is 79.2 Å². The van der Waals surface area contributed by atoms with E-state index in [1.807, 2.05) is 0 Å². The van der Waals surface area contributed by atoms with Crippen molar-refractivity contribution in [1.82, 2.24) is 4.98 Å². The van der Waals surface area contributed by atoms with Gasteiger partial charge in [0.25, 0.3) is 11.6 Å². The van der Waals surface area contributed by atoms with Gasteiger partial charge in [-0.05, 0) is 31.2 Å². The van der Waals surface area contributed by atoms with Gasteiger partial charge in [0.2, 0.25) is 0 Å². The summed E-state index contributed by atoms with van der Waals surface area (Å²) in [5, 5.41) is 10.7. The van der Waals surface area contributed by atoms with Gasteiger partial charge in [0, 0.05) is 30.2 Å². The van der Waals surface area contributed by atoms with Gasteiger partial charge in [-0.1, -0.05) is 6.08 Å². The Kier molecular flexibility index (Phi) is 3.95. The summed E-state index contributed by atoms with van der Waals surface area (Å²) in [5.41, 5.74) is 1.22. The Balaban J connectivity index is 2.41. The number of aromatic nitrogens is 1. The highest BCUT2D eigenvalue weighted by Crippen LogP contribution is 2.27. The maximum absolute atomic E-state index is 12.2. The van der Waals surface area contributed by atoms with Crippen LogP contribution in [-0.4, -0.2) is 15.8 Å². The van der Waals surface area contributed by atoms with Crippen LogP contribution in [0.3, 0.4) is 0 Å². The Hall–Kier alpha value is -2.89. The molecule has 0 unspecified atom stereocenters. The number of nitro benzene ring substituents is 1. The third-order valence-electron chi connectivity index (χ3n) is 2.69. The SMILES string of the molecule is CC=CC(=O)N(c1ccc([N+](=O)[O-])cc1)c1cc[nH]c1. The molecule has 0 aliphatic carbocycles. The second kappa shape index (κ2) is 5.83. The summed E-state index contributed by atoms with van der Waals surface area (Å²) in [7, 11) is 0. The van der Waals surface area contributed by atoms with Crippen LogP contribution in [0.25, 0.3) is 0 Å². The molecule has 0 radical (unpaired) electrons. The van der Waals surface area contributed by atoms with Gasteiger partial charge < -0.3 is 4.98 Å². The molecule has 20 heavy (non-hydrogen) atoms. The number of rotatable bonds is 4. The van der Waals surface area contributed by atoms with E-state index < -0.39 is 4.92 Å². The first-order chi connectivity index (χ1) is 9.63. The average molecular weight is 271 g/mol. The summed E-state index contributed by atoms with van der Waals surface area (Å²) < 4.78 is 0. The monoisotopic (exact) mass is 271 g/mol. The first-order valence-electron chi connectivity index (χ1n) is 5.97. The lowest BCUT2D eigenvalue weighted by atomic mass is 10.2. The van der Waals surface area contributed by atoms with E-state index >= 15 is 0 Å². The number of hydrogen-bond acceptors (Lipinski definition) is 3. The van der Waals surface area contributed by atoms with E-state index in [1.165, 1.54) is 23.1 Å². The molecular weight excluding hydrogens is 258 g/mol. The number of amides is 1. The molecule has 2 rings (SSSR count). The number of nitrogens with zero attached hydrogens (tertiary/aromatic N) is 2. The highest BCUT2D eigenvalue weighted by atomic mass is 16.6. The number of nitrogens with one attached hydrogen (secondary N) is 1. The van der Waals surface area contributed by atoms with Crippen molar-refractivity contribution in [1.29, 1.82) is 0 Å². The van der Waals surface area contributed by atoms with Gasteiger partial charge in [0.15, 0.2) is 0 Å². The highest BCUT2D eigenvalue weighted by molar-refractivity contribution is 6.06. The molecule has 102 valence electrons. The normalized spacial score (nSPS) is 10.7. The van der Waals surface area contributed by atoms with Crippen LogP contribution in [0.4, 0.5) is 17.1 Å². The molecule has 6 nitrogen and oxygen atoms in total. The predicted molar refractivity (Wildman–Crippen MR) is 75.8 cm³/mol. The molecule has 0 aliphatic rings. The molecule has 1 N–H and O–H groups in total. The average Bonchev–Trinajstić information content (AvgIpc) is 2.94. The first kappa shape index (κ1) is 13.5. The van der Waals surface area contributed by atoms with Crippen LogP contribution in [0.1, 0.15) is 6.92 Å². The third kappa shape index (κ3) is 2.74. The van der Waals surface area contributed by atoms with E-state index in [-0.39, 0.29) is 11.6 Å². The largest absolute Gasteiger partial charge is 0.366 e. The van der Waals surface area contributed by atoms with Crippen molar-refractivity contribution in [3.05, 3.63) is 65.0 Å². The number of hydrogen-bond donors (Lipinski definition) is 1.